The first-order chi connectivity index (χ1) is 14.0. The minimum atomic E-state index is -0.322. The fourth-order valence-corrected chi connectivity index (χ4v) is 3.18. The van der Waals surface area contributed by atoms with Crippen molar-refractivity contribution in [3.63, 3.8) is 0 Å². The van der Waals surface area contributed by atoms with Gasteiger partial charge in [-0.15, -0.1) is 0 Å². The van der Waals surface area contributed by atoms with Crippen LogP contribution in [0.25, 0.3) is 22.3 Å². The lowest BCUT2D eigenvalue weighted by atomic mass is 9.97. The maximum Gasteiger partial charge on any atom is 0.338 e. The Morgan fingerprint density at radius 3 is 1.83 bits per heavy atom. The SMILES string of the molecule is C/C=C(/C)C(=O)Oc1cc(-c2ccc(CC)cc2)ccc1-c1ccc(CC)cc1. The highest BCUT2D eigenvalue weighted by Gasteiger charge is 2.14. The van der Waals surface area contributed by atoms with Crippen LogP contribution >= 0.6 is 0 Å². The molecule has 0 aliphatic carbocycles. The largest absolute Gasteiger partial charge is 0.422 e. The van der Waals surface area contributed by atoms with Gasteiger partial charge >= 0.3 is 5.97 Å². The van der Waals surface area contributed by atoms with Crippen LogP contribution in [0.2, 0.25) is 0 Å². The Morgan fingerprint density at radius 1 is 0.793 bits per heavy atom. The standard InChI is InChI=1S/C27H28O2/c1-5-19(4)27(28)29-26-18-24(22-12-8-20(6-2)9-13-22)16-17-25(26)23-14-10-21(7-3)11-15-23/h5,8-18H,6-7H2,1-4H3/b19-5-. The van der Waals surface area contributed by atoms with Crippen LogP contribution in [0.4, 0.5) is 0 Å². The summed E-state index contributed by atoms with van der Waals surface area (Å²) in [6.45, 7) is 7.90. The number of carbonyl (C=O) groups excluding carboxylic acids is 1. The van der Waals surface area contributed by atoms with E-state index >= 15 is 0 Å². The van der Waals surface area contributed by atoms with Crippen molar-refractivity contribution < 1.29 is 9.53 Å². The summed E-state index contributed by atoms with van der Waals surface area (Å²) in [4.78, 5) is 12.5. The van der Waals surface area contributed by atoms with E-state index in [1.54, 1.807) is 13.0 Å². The first kappa shape index (κ1) is 20.6. The van der Waals surface area contributed by atoms with Gasteiger partial charge in [0.1, 0.15) is 5.75 Å². The van der Waals surface area contributed by atoms with E-state index in [0.717, 1.165) is 35.1 Å². The van der Waals surface area contributed by atoms with E-state index < -0.39 is 0 Å². The number of esters is 1. The van der Waals surface area contributed by atoms with Crippen molar-refractivity contribution in [2.45, 2.75) is 40.5 Å². The molecule has 0 amide bonds. The molecule has 0 aliphatic heterocycles. The number of carbonyl (C=O) groups is 1. The van der Waals surface area contributed by atoms with Crippen LogP contribution in [-0.4, -0.2) is 5.97 Å². The maximum atomic E-state index is 12.5. The van der Waals surface area contributed by atoms with E-state index in [9.17, 15) is 4.79 Å². The minimum Gasteiger partial charge on any atom is -0.422 e. The summed E-state index contributed by atoms with van der Waals surface area (Å²) in [5, 5.41) is 0. The molecule has 0 heterocycles. The number of hydrogen-bond donors (Lipinski definition) is 0. The Morgan fingerprint density at radius 2 is 1.31 bits per heavy atom. The lowest BCUT2D eigenvalue weighted by molar-refractivity contribution is -0.130. The summed E-state index contributed by atoms with van der Waals surface area (Å²) in [7, 11) is 0. The van der Waals surface area contributed by atoms with Gasteiger partial charge in [-0.25, -0.2) is 4.79 Å². The first-order valence-electron chi connectivity index (χ1n) is 10.2. The zero-order valence-electron chi connectivity index (χ0n) is 17.7. The Bertz CT molecular complexity index is 1010. The second kappa shape index (κ2) is 9.38. The summed E-state index contributed by atoms with van der Waals surface area (Å²) in [6, 6.07) is 23.0. The first-order valence-corrected chi connectivity index (χ1v) is 10.2. The molecule has 0 aromatic heterocycles. The molecule has 3 aromatic rings. The monoisotopic (exact) mass is 384 g/mol. The summed E-state index contributed by atoms with van der Waals surface area (Å²) < 4.78 is 5.81. The highest BCUT2D eigenvalue weighted by atomic mass is 16.5. The van der Waals surface area contributed by atoms with Crippen molar-refractivity contribution in [1.82, 2.24) is 0 Å². The molecule has 0 fully saturated rings. The van der Waals surface area contributed by atoms with Crippen molar-refractivity contribution >= 4 is 5.97 Å². The van der Waals surface area contributed by atoms with Gasteiger partial charge in [0.05, 0.1) is 0 Å². The van der Waals surface area contributed by atoms with Crippen LogP contribution in [0, 0.1) is 0 Å². The number of aryl methyl sites for hydroxylation is 2. The molecule has 29 heavy (non-hydrogen) atoms. The average molecular weight is 385 g/mol. The minimum absolute atomic E-state index is 0.322. The number of hydrogen-bond acceptors (Lipinski definition) is 2. The second-order valence-corrected chi connectivity index (χ2v) is 7.17. The fourth-order valence-electron chi connectivity index (χ4n) is 3.18. The Labute approximate surface area is 173 Å². The topological polar surface area (TPSA) is 26.3 Å². The second-order valence-electron chi connectivity index (χ2n) is 7.17. The van der Waals surface area contributed by atoms with Gasteiger partial charge in [-0.05, 0) is 60.6 Å². The van der Waals surface area contributed by atoms with Gasteiger partial charge in [-0.2, -0.15) is 0 Å². The van der Waals surface area contributed by atoms with Crippen molar-refractivity contribution in [1.29, 1.82) is 0 Å². The number of rotatable bonds is 6. The van der Waals surface area contributed by atoms with Gasteiger partial charge < -0.3 is 4.74 Å². The molecular formula is C27H28O2. The molecule has 148 valence electrons. The molecule has 0 aliphatic rings. The summed E-state index contributed by atoms with van der Waals surface area (Å²) in [6.07, 6.45) is 3.78. The molecular weight excluding hydrogens is 356 g/mol. The van der Waals surface area contributed by atoms with Crippen LogP contribution in [0.1, 0.15) is 38.8 Å². The highest BCUT2D eigenvalue weighted by Crippen LogP contribution is 2.35. The van der Waals surface area contributed by atoms with Gasteiger partial charge in [0.2, 0.25) is 0 Å². The molecule has 3 aromatic carbocycles. The smallest absolute Gasteiger partial charge is 0.338 e. The molecule has 0 atom stereocenters. The molecule has 0 saturated heterocycles. The molecule has 2 heteroatoms. The van der Waals surface area contributed by atoms with E-state index in [1.165, 1.54) is 11.1 Å². The Kier molecular flexibility index (Phi) is 6.66. The number of ether oxygens (including phenoxy) is 1. The van der Waals surface area contributed by atoms with Crippen LogP contribution in [-0.2, 0) is 17.6 Å². The Balaban J connectivity index is 2.05. The summed E-state index contributed by atoms with van der Waals surface area (Å²) in [5.74, 6) is 0.259. The Hall–Kier alpha value is -3.13. The van der Waals surface area contributed by atoms with Gasteiger partial charge in [0.15, 0.2) is 0 Å². The highest BCUT2D eigenvalue weighted by molar-refractivity contribution is 5.91. The third kappa shape index (κ3) is 4.83. The third-order valence-electron chi connectivity index (χ3n) is 5.31. The molecule has 0 radical (unpaired) electrons. The third-order valence-corrected chi connectivity index (χ3v) is 5.31. The molecule has 0 unspecified atom stereocenters. The number of allylic oxidation sites excluding steroid dienone is 1. The zero-order chi connectivity index (χ0) is 20.8. The predicted molar refractivity (Wildman–Crippen MR) is 121 cm³/mol. The molecule has 2 nitrogen and oxygen atoms in total. The normalized spacial score (nSPS) is 11.4. The van der Waals surface area contributed by atoms with Gasteiger partial charge in [0.25, 0.3) is 0 Å². The van der Waals surface area contributed by atoms with Crippen LogP contribution < -0.4 is 4.74 Å². The molecule has 3 rings (SSSR count). The zero-order valence-corrected chi connectivity index (χ0v) is 17.7. The number of benzene rings is 3. The van der Waals surface area contributed by atoms with Crippen LogP contribution in [0.5, 0.6) is 5.75 Å². The lowest BCUT2D eigenvalue weighted by Gasteiger charge is -2.14. The predicted octanol–water partition coefficient (Wildman–Crippen LogP) is 7.02. The van der Waals surface area contributed by atoms with E-state index in [4.69, 9.17) is 4.74 Å². The fraction of sp³-hybridized carbons (Fsp3) is 0.222. The van der Waals surface area contributed by atoms with Gasteiger partial charge in [-0.1, -0.05) is 80.6 Å². The van der Waals surface area contributed by atoms with Crippen LogP contribution in [0.15, 0.2) is 78.4 Å². The van der Waals surface area contributed by atoms with E-state index in [-0.39, 0.29) is 5.97 Å². The molecule has 0 spiro atoms. The van der Waals surface area contributed by atoms with E-state index in [1.807, 2.05) is 19.1 Å². The molecule has 0 saturated carbocycles. The lowest BCUT2D eigenvalue weighted by Crippen LogP contribution is -2.09. The van der Waals surface area contributed by atoms with Gasteiger partial charge in [0, 0.05) is 11.1 Å². The van der Waals surface area contributed by atoms with E-state index in [2.05, 4.69) is 68.4 Å². The van der Waals surface area contributed by atoms with Gasteiger partial charge in [-0.3, -0.25) is 0 Å². The van der Waals surface area contributed by atoms with E-state index in [0.29, 0.717) is 11.3 Å². The maximum absolute atomic E-state index is 12.5. The molecule has 0 N–H and O–H groups in total. The van der Waals surface area contributed by atoms with Crippen LogP contribution in [0.3, 0.4) is 0 Å². The van der Waals surface area contributed by atoms with Crippen molar-refractivity contribution in [2.24, 2.45) is 0 Å². The van der Waals surface area contributed by atoms with Crippen molar-refractivity contribution in [3.05, 3.63) is 89.5 Å². The van der Waals surface area contributed by atoms with Crippen molar-refractivity contribution in [3.8, 4) is 28.0 Å². The summed E-state index contributed by atoms with van der Waals surface area (Å²) >= 11 is 0. The van der Waals surface area contributed by atoms with Crippen molar-refractivity contribution in [2.75, 3.05) is 0 Å². The summed E-state index contributed by atoms with van der Waals surface area (Å²) in [5.41, 5.74) is 7.27. The quantitative estimate of drug-likeness (QED) is 0.259. The average Bonchev–Trinajstić information content (AvgIpc) is 2.78. The molecule has 0 bridgehead atoms.